The van der Waals surface area contributed by atoms with Gasteiger partial charge in [0.15, 0.2) is 5.13 Å². The molecule has 1 aliphatic rings. The summed E-state index contributed by atoms with van der Waals surface area (Å²) >= 11 is 1.23. The maximum Gasteiger partial charge on any atom is 0.263 e. The highest BCUT2D eigenvalue weighted by molar-refractivity contribution is 7.93. The molecule has 1 amide bonds. The normalized spacial score (nSPS) is 17.4. The van der Waals surface area contributed by atoms with Gasteiger partial charge in [0, 0.05) is 55.6 Å². The van der Waals surface area contributed by atoms with Crippen LogP contribution < -0.4 is 9.62 Å². The van der Waals surface area contributed by atoms with Gasteiger partial charge in [0.1, 0.15) is 6.04 Å². The van der Waals surface area contributed by atoms with Gasteiger partial charge >= 0.3 is 0 Å². The van der Waals surface area contributed by atoms with Gasteiger partial charge in [-0.2, -0.15) is 0 Å². The van der Waals surface area contributed by atoms with Gasteiger partial charge in [0.25, 0.3) is 10.0 Å². The summed E-state index contributed by atoms with van der Waals surface area (Å²) < 4.78 is 29.9. The average Bonchev–Trinajstić information content (AvgIpc) is 3.49. The first-order valence-corrected chi connectivity index (χ1v) is 14.3. The van der Waals surface area contributed by atoms with Crippen LogP contribution in [0.3, 0.4) is 0 Å². The van der Waals surface area contributed by atoms with Crippen LogP contribution in [0.25, 0.3) is 10.9 Å². The number of amides is 1. The second kappa shape index (κ2) is 9.59. The molecular weight excluding hydrogens is 494 g/mol. The van der Waals surface area contributed by atoms with Gasteiger partial charge < -0.3 is 14.4 Å². The molecule has 1 aliphatic heterocycles. The molecule has 4 aromatic rings. The van der Waals surface area contributed by atoms with Gasteiger partial charge in [-0.3, -0.25) is 9.52 Å². The molecule has 0 aliphatic carbocycles. The van der Waals surface area contributed by atoms with Crippen LogP contribution in [0.1, 0.15) is 27.0 Å². The zero-order valence-electron chi connectivity index (χ0n) is 20.5. The topological polar surface area (TPSA) is 87.5 Å². The summed E-state index contributed by atoms with van der Waals surface area (Å²) in [6.45, 7) is 8.04. The van der Waals surface area contributed by atoms with Crippen LogP contribution in [-0.2, 0) is 14.8 Å². The summed E-state index contributed by atoms with van der Waals surface area (Å²) in [6.07, 6.45) is 1.56. The minimum absolute atomic E-state index is 0. The Hall–Kier alpha value is -3.37. The van der Waals surface area contributed by atoms with Crippen LogP contribution in [0.2, 0.25) is 0 Å². The Labute approximate surface area is 216 Å². The number of para-hydroxylation sites is 1. The molecule has 10 heteroatoms. The van der Waals surface area contributed by atoms with E-state index in [0.29, 0.717) is 24.8 Å². The molecule has 190 valence electrons. The third kappa shape index (κ3) is 4.58. The van der Waals surface area contributed by atoms with Crippen LogP contribution >= 0.6 is 11.3 Å². The molecule has 1 N–H and O–H groups in total. The van der Waals surface area contributed by atoms with Crippen molar-refractivity contribution in [3.63, 3.8) is 0 Å². The molecule has 0 spiro atoms. The molecule has 2 aromatic carbocycles. The highest BCUT2D eigenvalue weighted by atomic mass is 32.2. The number of anilines is 2. The van der Waals surface area contributed by atoms with Crippen molar-refractivity contribution in [1.82, 2.24) is 14.5 Å². The van der Waals surface area contributed by atoms with Crippen molar-refractivity contribution in [2.24, 2.45) is 0 Å². The lowest BCUT2D eigenvalue weighted by atomic mass is 10.1. The molecular formula is C26H31N5O3S2. The van der Waals surface area contributed by atoms with Gasteiger partial charge in [-0.25, -0.2) is 13.4 Å². The van der Waals surface area contributed by atoms with E-state index in [4.69, 9.17) is 0 Å². The number of benzene rings is 2. The number of carbonyl (C=O) groups is 1. The largest absolute Gasteiger partial charge is 0.368 e. The molecule has 2 unspecified atom stereocenters. The summed E-state index contributed by atoms with van der Waals surface area (Å²) in [5.74, 6) is 0.112. The number of rotatable bonds is 6. The fourth-order valence-electron chi connectivity index (χ4n) is 4.98. The van der Waals surface area contributed by atoms with E-state index in [2.05, 4.69) is 44.3 Å². The van der Waals surface area contributed by atoms with Crippen LogP contribution in [0.15, 0.2) is 71.1 Å². The molecule has 0 bridgehead atoms. The number of aromatic nitrogens is 2. The van der Waals surface area contributed by atoms with E-state index in [0.717, 1.165) is 22.3 Å². The third-order valence-corrected chi connectivity index (χ3v) is 8.93. The van der Waals surface area contributed by atoms with Crippen molar-refractivity contribution in [1.29, 1.82) is 0 Å². The minimum Gasteiger partial charge on any atom is -0.368 e. The highest BCUT2D eigenvalue weighted by Crippen LogP contribution is 2.28. The van der Waals surface area contributed by atoms with Crippen LogP contribution in [0.4, 0.5) is 10.8 Å². The summed E-state index contributed by atoms with van der Waals surface area (Å²) in [5.41, 5.74) is 3.08. The van der Waals surface area contributed by atoms with Gasteiger partial charge in [-0.1, -0.05) is 18.2 Å². The first-order chi connectivity index (χ1) is 17.2. The Bertz CT molecular complexity index is 1490. The molecule has 1 saturated heterocycles. The molecule has 5 rings (SSSR count). The highest BCUT2D eigenvalue weighted by Gasteiger charge is 2.32. The smallest absolute Gasteiger partial charge is 0.263 e. The number of sulfonamides is 1. The quantitative estimate of drug-likeness (QED) is 0.393. The molecule has 36 heavy (non-hydrogen) atoms. The Kier molecular flexibility index (Phi) is 6.48. The maximum atomic E-state index is 13.5. The van der Waals surface area contributed by atoms with E-state index >= 15 is 0 Å². The van der Waals surface area contributed by atoms with E-state index < -0.39 is 10.0 Å². The van der Waals surface area contributed by atoms with Crippen LogP contribution in [-0.4, -0.2) is 54.5 Å². The maximum absolute atomic E-state index is 13.5. The van der Waals surface area contributed by atoms with E-state index in [1.54, 1.807) is 23.7 Å². The Morgan fingerprint density at radius 2 is 1.92 bits per heavy atom. The van der Waals surface area contributed by atoms with Gasteiger partial charge in [0.05, 0.1) is 4.90 Å². The van der Waals surface area contributed by atoms with Gasteiger partial charge in [0.2, 0.25) is 5.91 Å². The predicted octanol–water partition coefficient (Wildman–Crippen LogP) is 4.75. The Morgan fingerprint density at radius 1 is 1.17 bits per heavy atom. The van der Waals surface area contributed by atoms with Crippen molar-refractivity contribution in [3.05, 3.63) is 71.9 Å². The van der Waals surface area contributed by atoms with Gasteiger partial charge in [-0.05, 0) is 62.6 Å². The van der Waals surface area contributed by atoms with Gasteiger partial charge in [-0.15, -0.1) is 11.3 Å². The summed E-state index contributed by atoms with van der Waals surface area (Å²) in [6, 6.07) is 16.8. The predicted molar refractivity (Wildman–Crippen MR) is 146 cm³/mol. The number of fused-ring (bicyclic) bond motifs is 1. The standard InChI is InChI=1S/C26H29N5O3S2.H2/c1-18-16-21-6-4-5-7-24(21)31(18)20(3)25(32)30-14-13-29(17-19(30)2)22-8-10-23(11-9-22)36(33,34)28-26-27-12-15-35-26;/h4-12,15-16,19-20H,13-14,17H2,1-3H3,(H,27,28);1H. The van der Waals surface area contributed by atoms with Crippen molar-refractivity contribution in [3.8, 4) is 0 Å². The number of hydrogen-bond donors (Lipinski definition) is 1. The molecule has 2 atom stereocenters. The lowest BCUT2D eigenvalue weighted by Crippen LogP contribution is -2.55. The van der Waals surface area contributed by atoms with E-state index in [-0.39, 0.29) is 24.3 Å². The van der Waals surface area contributed by atoms with Crippen molar-refractivity contribution >= 4 is 49.0 Å². The number of carbonyl (C=O) groups excluding carboxylic acids is 1. The molecule has 1 fully saturated rings. The molecule has 0 saturated carbocycles. The number of thiazole rings is 1. The number of hydrogen-bond acceptors (Lipinski definition) is 6. The van der Waals surface area contributed by atoms with Crippen molar-refractivity contribution in [2.45, 2.75) is 37.8 Å². The van der Waals surface area contributed by atoms with Crippen molar-refractivity contribution in [2.75, 3.05) is 29.3 Å². The first kappa shape index (κ1) is 24.3. The summed E-state index contributed by atoms with van der Waals surface area (Å²) in [4.78, 5) is 21.9. The summed E-state index contributed by atoms with van der Waals surface area (Å²) in [7, 11) is -3.69. The fraction of sp³-hybridized carbons (Fsp3) is 0.308. The average molecular weight is 526 g/mol. The van der Waals surface area contributed by atoms with E-state index in [9.17, 15) is 13.2 Å². The fourth-order valence-corrected chi connectivity index (χ4v) is 6.77. The minimum atomic E-state index is -3.69. The third-order valence-electron chi connectivity index (χ3n) is 6.76. The monoisotopic (exact) mass is 525 g/mol. The molecule has 3 heterocycles. The van der Waals surface area contributed by atoms with E-state index in [1.165, 1.54) is 11.3 Å². The Balaban J connectivity index is 0.00000320. The lowest BCUT2D eigenvalue weighted by Gasteiger charge is -2.42. The zero-order valence-corrected chi connectivity index (χ0v) is 22.1. The van der Waals surface area contributed by atoms with E-state index in [1.807, 2.05) is 43.0 Å². The molecule has 2 aromatic heterocycles. The second-order valence-electron chi connectivity index (χ2n) is 9.15. The molecule has 8 nitrogen and oxygen atoms in total. The number of nitrogens with zero attached hydrogens (tertiary/aromatic N) is 4. The van der Waals surface area contributed by atoms with Crippen molar-refractivity contribution < 1.29 is 14.6 Å². The molecule has 0 radical (unpaired) electrons. The van der Waals surface area contributed by atoms with Crippen LogP contribution in [0.5, 0.6) is 0 Å². The zero-order chi connectivity index (χ0) is 25.4. The van der Waals surface area contributed by atoms with Crippen LogP contribution in [0, 0.1) is 6.92 Å². The SMILES string of the molecule is Cc1cc2ccccc2n1C(C)C(=O)N1CCN(c2ccc(S(=O)(=O)Nc3nccs3)cc2)CC1C.[HH]. The first-order valence-electron chi connectivity index (χ1n) is 11.9. The second-order valence-corrected chi connectivity index (χ2v) is 11.7. The number of aryl methyl sites for hydroxylation is 1. The lowest BCUT2D eigenvalue weighted by molar-refractivity contribution is -0.136. The number of nitrogens with one attached hydrogen (secondary N) is 1. The Morgan fingerprint density at radius 3 is 2.61 bits per heavy atom. The number of piperazine rings is 1. The summed E-state index contributed by atoms with van der Waals surface area (Å²) in [5, 5.41) is 3.20.